The molecule has 1 amide bonds. The summed E-state index contributed by atoms with van der Waals surface area (Å²) in [4.78, 5) is 20.9. The number of halogens is 1. The summed E-state index contributed by atoms with van der Waals surface area (Å²) in [5.74, 6) is 0.516. The van der Waals surface area contributed by atoms with E-state index in [0.717, 1.165) is 36.4 Å². The lowest BCUT2D eigenvalue weighted by Crippen LogP contribution is -2.47. The predicted molar refractivity (Wildman–Crippen MR) is 104 cm³/mol. The third kappa shape index (κ3) is 4.26. The first-order chi connectivity index (χ1) is 13.1. The Bertz CT molecular complexity index is 950. The van der Waals surface area contributed by atoms with Crippen LogP contribution in [0.2, 0.25) is 0 Å². The third-order valence-electron chi connectivity index (χ3n) is 4.67. The van der Waals surface area contributed by atoms with Crippen molar-refractivity contribution in [2.45, 2.75) is 6.42 Å². The van der Waals surface area contributed by atoms with Crippen molar-refractivity contribution < 1.29 is 13.9 Å². The van der Waals surface area contributed by atoms with E-state index in [0.29, 0.717) is 22.9 Å². The number of likely N-dealkylation sites (N-methyl/N-ethyl adjacent to an activating group) is 1. The summed E-state index contributed by atoms with van der Waals surface area (Å²) in [7, 11) is 2.07. The summed E-state index contributed by atoms with van der Waals surface area (Å²) in [5, 5.41) is 0.469. The maximum atomic E-state index is 13.3. The highest BCUT2D eigenvalue weighted by Gasteiger charge is 2.19. The standard InChI is InChI=1S/C20H20FN3O2S/c1-23-8-10-24(11-9-23)19(25)12-14-2-5-16(6-3-14)26-20-22-17-7-4-15(21)13-18(17)27-20/h2-7,13H,8-12H2,1H3. The molecule has 1 aliphatic heterocycles. The Morgan fingerprint density at radius 3 is 2.63 bits per heavy atom. The molecule has 3 aromatic rings. The molecule has 2 aromatic carbocycles. The molecule has 0 saturated carbocycles. The van der Waals surface area contributed by atoms with Crippen molar-refractivity contribution in [3.63, 3.8) is 0 Å². The van der Waals surface area contributed by atoms with Crippen molar-refractivity contribution in [1.29, 1.82) is 0 Å². The molecule has 1 saturated heterocycles. The summed E-state index contributed by atoms with van der Waals surface area (Å²) in [5.41, 5.74) is 1.67. The maximum absolute atomic E-state index is 13.3. The van der Waals surface area contributed by atoms with Gasteiger partial charge in [0.1, 0.15) is 11.6 Å². The molecule has 27 heavy (non-hydrogen) atoms. The molecule has 5 nitrogen and oxygen atoms in total. The number of thiazole rings is 1. The lowest BCUT2D eigenvalue weighted by Gasteiger charge is -2.32. The average Bonchev–Trinajstić information content (AvgIpc) is 3.05. The summed E-state index contributed by atoms with van der Waals surface area (Å²) in [6.45, 7) is 3.42. The Hall–Kier alpha value is -2.51. The number of hydrogen-bond acceptors (Lipinski definition) is 5. The lowest BCUT2D eigenvalue weighted by molar-refractivity contribution is -0.132. The van der Waals surface area contributed by atoms with Gasteiger partial charge in [-0.05, 0) is 42.9 Å². The van der Waals surface area contributed by atoms with Gasteiger partial charge in [0.05, 0.1) is 16.6 Å². The van der Waals surface area contributed by atoms with Crippen molar-refractivity contribution >= 4 is 27.5 Å². The van der Waals surface area contributed by atoms with Gasteiger partial charge in [0.25, 0.3) is 5.19 Å². The second-order valence-electron chi connectivity index (χ2n) is 6.70. The minimum Gasteiger partial charge on any atom is -0.431 e. The van der Waals surface area contributed by atoms with Gasteiger partial charge in [0, 0.05) is 26.2 Å². The molecule has 0 aliphatic carbocycles. The molecule has 0 atom stereocenters. The highest BCUT2D eigenvalue weighted by atomic mass is 32.1. The Morgan fingerprint density at radius 2 is 1.89 bits per heavy atom. The number of fused-ring (bicyclic) bond motifs is 1. The molecule has 0 N–H and O–H groups in total. The second kappa shape index (κ2) is 7.62. The molecule has 1 aliphatic rings. The first kappa shape index (κ1) is 17.9. The van der Waals surface area contributed by atoms with Crippen LogP contribution < -0.4 is 4.74 Å². The molecule has 0 spiro atoms. The number of aromatic nitrogens is 1. The Kier molecular flexibility index (Phi) is 5.05. The maximum Gasteiger partial charge on any atom is 0.279 e. The molecule has 4 rings (SSSR count). The zero-order chi connectivity index (χ0) is 18.8. The molecule has 7 heteroatoms. The number of hydrogen-bond donors (Lipinski definition) is 0. The quantitative estimate of drug-likeness (QED) is 0.689. The largest absolute Gasteiger partial charge is 0.431 e. The van der Waals surface area contributed by atoms with Gasteiger partial charge in [0.15, 0.2) is 0 Å². The normalized spacial score (nSPS) is 15.3. The lowest BCUT2D eigenvalue weighted by atomic mass is 10.1. The number of rotatable bonds is 4. The van der Waals surface area contributed by atoms with Crippen LogP contribution in [0.5, 0.6) is 10.9 Å². The molecular weight excluding hydrogens is 365 g/mol. The minimum absolute atomic E-state index is 0.157. The zero-order valence-electron chi connectivity index (χ0n) is 15.0. The van der Waals surface area contributed by atoms with E-state index in [2.05, 4.69) is 16.9 Å². The van der Waals surface area contributed by atoms with Gasteiger partial charge in [-0.1, -0.05) is 23.5 Å². The first-order valence-corrected chi connectivity index (χ1v) is 9.68. The molecule has 0 unspecified atom stereocenters. The van der Waals surface area contributed by atoms with E-state index < -0.39 is 0 Å². The van der Waals surface area contributed by atoms with Gasteiger partial charge in [-0.2, -0.15) is 0 Å². The summed E-state index contributed by atoms with van der Waals surface area (Å²) in [6, 6.07) is 11.9. The first-order valence-electron chi connectivity index (χ1n) is 8.86. The van der Waals surface area contributed by atoms with E-state index in [9.17, 15) is 9.18 Å². The Labute approximate surface area is 161 Å². The number of carbonyl (C=O) groups excluding carboxylic acids is 1. The zero-order valence-corrected chi connectivity index (χ0v) is 15.8. The van der Waals surface area contributed by atoms with Gasteiger partial charge in [0.2, 0.25) is 5.91 Å². The van der Waals surface area contributed by atoms with E-state index in [1.54, 1.807) is 6.07 Å². The predicted octanol–water partition coefficient (Wildman–Crippen LogP) is 3.54. The van der Waals surface area contributed by atoms with Crippen LogP contribution in [0.4, 0.5) is 4.39 Å². The van der Waals surface area contributed by atoms with E-state index >= 15 is 0 Å². The van der Waals surface area contributed by atoms with Gasteiger partial charge in [-0.15, -0.1) is 0 Å². The van der Waals surface area contributed by atoms with Crippen molar-refractivity contribution in [2.75, 3.05) is 33.2 Å². The topological polar surface area (TPSA) is 45.7 Å². The minimum atomic E-state index is -0.285. The van der Waals surface area contributed by atoms with Gasteiger partial charge in [-0.3, -0.25) is 4.79 Å². The van der Waals surface area contributed by atoms with Gasteiger partial charge >= 0.3 is 0 Å². The van der Waals surface area contributed by atoms with E-state index in [1.165, 1.54) is 23.5 Å². The number of piperazine rings is 1. The summed E-state index contributed by atoms with van der Waals surface area (Å²) >= 11 is 1.30. The van der Waals surface area contributed by atoms with Crippen LogP contribution in [0.15, 0.2) is 42.5 Å². The Morgan fingerprint density at radius 1 is 1.15 bits per heavy atom. The van der Waals surface area contributed by atoms with E-state index in [4.69, 9.17) is 4.74 Å². The highest BCUT2D eigenvalue weighted by molar-refractivity contribution is 7.20. The van der Waals surface area contributed by atoms with Crippen LogP contribution in [0.1, 0.15) is 5.56 Å². The van der Waals surface area contributed by atoms with Crippen LogP contribution in [0, 0.1) is 5.82 Å². The second-order valence-corrected chi connectivity index (χ2v) is 7.69. The fourth-order valence-electron chi connectivity index (χ4n) is 3.04. The molecule has 0 bridgehead atoms. The number of amides is 1. The molecule has 2 heterocycles. The van der Waals surface area contributed by atoms with Crippen molar-refractivity contribution in [2.24, 2.45) is 0 Å². The van der Waals surface area contributed by atoms with E-state index in [1.807, 2.05) is 29.2 Å². The molecular formula is C20H20FN3O2S. The summed E-state index contributed by atoms with van der Waals surface area (Å²) < 4.78 is 19.8. The van der Waals surface area contributed by atoms with Crippen LogP contribution in [0.3, 0.4) is 0 Å². The smallest absolute Gasteiger partial charge is 0.279 e. The number of nitrogens with zero attached hydrogens (tertiary/aromatic N) is 3. The SMILES string of the molecule is CN1CCN(C(=O)Cc2ccc(Oc3nc4ccc(F)cc4s3)cc2)CC1. The molecule has 140 valence electrons. The number of ether oxygens (including phenoxy) is 1. The highest BCUT2D eigenvalue weighted by Crippen LogP contribution is 2.31. The monoisotopic (exact) mass is 385 g/mol. The van der Waals surface area contributed by atoms with Crippen LogP contribution in [-0.4, -0.2) is 53.9 Å². The fourth-order valence-corrected chi connectivity index (χ4v) is 3.90. The van der Waals surface area contributed by atoms with Crippen LogP contribution >= 0.6 is 11.3 Å². The number of benzene rings is 2. The fraction of sp³-hybridized carbons (Fsp3) is 0.300. The number of carbonyl (C=O) groups is 1. The van der Waals surface area contributed by atoms with Crippen LogP contribution in [0.25, 0.3) is 10.2 Å². The van der Waals surface area contributed by atoms with Crippen molar-refractivity contribution in [1.82, 2.24) is 14.8 Å². The Balaban J connectivity index is 1.38. The van der Waals surface area contributed by atoms with Crippen molar-refractivity contribution in [3.8, 4) is 10.9 Å². The van der Waals surface area contributed by atoms with Gasteiger partial charge in [-0.25, -0.2) is 9.37 Å². The molecule has 1 aromatic heterocycles. The van der Waals surface area contributed by atoms with Crippen molar-refractivity contribution in [3.05, 3.63) is 53.8 Å². The van der Waals surface area contributed by atoms with Crippen LogP contribution in [-0.2, 0) is 11.2 Å². The average molecular weight is 385 g/mol. The third-order valence-corrected chi connectivity index (χ3v) is 5.57. The summed E-state index contributed by atoms with van der Waals surface area (Å²) in [6.07, 6.45) is 0.393. The molecule has 1 fully saturated rings. The van der Waals surface area contributed by atoms with E-state index in [-0.39, 0.29) is 11.7 Å². The molecule has 0 radical (unpaired) electrons. The van der Waals surface area contributed by atoms with Gasteiger partial charge < -0.3 is 14.5 Å².